The molecule has 13 heavy (non-hydrogen) atoms. The molecule has 0 bridgehead atoms. The molecule has 0 radical (unpaired) electrons. The third-order valence-corrected chi connectivity index (χ3v) is 1.45. The summed E-state index contributed by atoms with van der Waals surface area (Å²) >= 11 is 0. The van der Waals surface area contributed by atoms with Crippen LogP contribution >= 0.6 is 0 Å². The summed E-state index contributed by atoms with van der Waals surface area (Å²) in [5.41, 5.74) is 4.93. The lowest BCUT2D eigenvalue weighted by Crippen LogP contribution is -2.34. The predicted molar refractivity (Wildman–Crippen MR) is 36.9 cm³/mol. The van der Waals surface area contributed by atoms with Crippen molar-refractivity contribution >= 4 is 5.97 Å². The fourth-order valence-corrected chi connectivity index (χ4v) is 0.625. The summed E-state index contributed by atoms with van der Waals surface area (Å²) in [5.74, 6) is -1.38. The fourth-order valence-electron chi connectivity index (χ4n) is 0.625. The van der Waals surface area contributed by atoms with Crippen LogP contribution < -0.4 is 5.73 Å². The van der Waals surface area contributed by atoms with Crippen molar-refractivity contribution in [2.45, 2.75) is 31.2 Å². The first-order valence-corrected chi connectivity index (χ1v) is 3.48. The number of rotatable bonds is 4. The van der Waals surface area contributed by atoms with E-state index in [2.05, 4.69) is 0 Å². The van der Waals surface area contributed by atoms with Gasteiger partial charge in [0.2, 0.25) is 0 Å². The highest BCUT2D eigenvalue weighted by Crippen LogP contribution is 2.23. The smallest absolute Gasteiger partial charge is 0.414 e. The molecule has 0 fully saturated rings. The van der Waals surface area contributed by atoms with Gasteiger partial charge in [-0.25, -0.2) is 0 Å². The van der Waals surface area contributed by atoms with E-state index in [-0.39, 0.29) is 0 Å². The summed E-state index contributed by atoms with van der Waals surface area (Å²) < 4.78 is 35.0. The molecular weight excluding hydrogens is 191 g/mol. The van der Waals surface area contributed by atoms with Crippen molar-refractivity contribution in [3.8, 4) is 0 Å². The number of carboxylic acid groups (broad SMARTS) is 1. The molecule has 0 spiro atoms. The van der Waals surface area contributed by atoms with Gasteiger partial charge in [0, 0.05) is 0 Å². The van der Waals surface area contributed by atoms with E-state index >= 15 is 0 Å². The molecule has 0 heterocycles. The number of hydrogen-bond donors (Lipinski definition) is 3. The Balaban J connectivity index is 3.83. The first kappa shape index (κ1) is 12.2. The molecule has 0 aliphatic heterocycles. The van der Waals surface area contributed by atoms with Crippen LogP contribution in [0.15, 0.2) is 0 Å². The number of aliphatic hydroxyl groups excluding tert-OH is 1. The summed E-state index contributed by atoms with van der Waals surface area (Å²) in [6, 6.07) is -1.36. The number of hydrogen-bond acceptors (Lipinski definition) is 3. The molecule has 2 unspecified atom stereocenters. The number of carbonyl (C=O) groups is 1. The number of alkyl halides is 3. The molecule has 0 rings (SSSR count). The van der Waals surface area contributed by atoms with E-state index in [1.54, 1.807) is 0 Å². The molecule has 7 heteroatoms. The summed E-state index contributed by atoms with van der Waals surface area (Å²) in [6.07, 6.45) is -8.32. The summed E-state index contributed by atoms with van der Waals surface area (Å²) in [4.78, 5) is 10.1. The number of carboxylic acids is 1. The zero-order valence-electron chi connectivity index (χ0n) is 6.58. The Morgan fingerprint density at radius 3 is 2.15 bits per heavy atom. The molecule has 0 saturated carbocycles. The lowest BCUT2D eigenvalue weighted by atomic mass is 10.1. The maximum Gasteiger partial charge on any atom is 0.414 e. The van der Waals surface area contributed by atoms with Gasteiger partial charge in [0.05, 0.1) is 0 Å². The van der Waals surface area contributed by atoms with Gasteiger partial charge in [-0.15, -0.1) is 0 Å². The molecular formula is C6H10F3NO3. The highest BCUT2D eigenvalue weighted by atomic mass is 19.4. The van der Waals surface area contributed by atoms with Gasteiger partial charge in [-0.2, -0.15) is 13.2 Å². The van der Waals surface area contributed by atoms with Crippen LogP contribution in [0.5, 0.6) is 0 Å². The van der Waals surface area contributed by atoms with Crippen LogP contribution in [-0.2, 0) is 4.79 Å². The normalized spacial score (nSPS) is 16.7. The molecule has 0 amide bonds. The fraction of sp³-hybridized carbons (Fsp3) is 0.833. The minimum absolute atomic E-state index is 0.407. The Morgan fingerprint density at radius 2 is 1.85 bits per heavy atom. The summed E-state index contributed by atoms with van der Waals surface area (Å²) in [6.45, 7) is 0. The molecule has 2 atom stereocenters. The Labute approximate surface area is 72.2 Å². The Hall–Kier alpha value is -0.820. The number of halogens is 3. The summed E-state index contributed by atoms with van der Waals surface area (Å²) in [5, 5.41) is 16.7. The largest absolute Gasteiger partial charge is 0.480 e. The standard InChI is InChI=1S/C6H10F3NO3/c7-6(8,9)4(11)2-1-3(10)5(12)13/h3-4,11H,1-2,10H2,(H,12,13). The van der Waals surface area contributed by atoms with Crippen molar-refractivity contribution < 1.29 is 28.2 Å². The van der Waals surface area contributed by atoms with Crippen LogP contribution in [0.1, 0.15) is 12.8 Å². The summed E-state index contributed by atoms with van der Waals surface area (Å²) in [7, 11) is 0. The Morgan fingerprint density at radius 1 is 1.38 bits per heavy atom. The minimum Gasteiger partial charge on any atom is -0.480 e. The highest BCUT2D eigenvalue weighted by Gasteiger charge is 2.38. The molecule has 0 aliphatic rings. The molecule has 0 aromatic heterocycles. The van der Waals surface area contributed by atoms with Crippen molar-refractivity contribution in [1.82, 2.24) is 0 Å². The van der Waals surface area contributed by atoms with E-state index in [1.807, 2.05) is 0 Å². The average molecular weight is 201 g/mol. The first-order chi connectivity index (χ1) is 5.75. The third kappa shape index (κ3) is 4.69. The predicted octanol–water partition coefficient (Wildman–Crippen LogP) is 0.102. The first-order valence-electron chi connectivity index (χ1n) is 3.48. The lowest BCUT2D eigenvalue weighted by molar-refractivity contribution is -0.206. The van der Waals surface area contributed by atoms with Gasteiger partial charge >= 0.3 is 12.1 Å². The van der Waals surface area contributed by atoms with Crippen LogP contribution in [0.3, 0.4) is 0 Å². The zero-order chi connectivity index (χ0) is 10.6. The number of nitrogens with two attached hydrogens (primary N) is 1. The van der Waals surface area contributed by atoms with Crippen molar-refractivity contribution in [3.63, 3.8) is 0 Å². The van der Waals surface area contributed by atoms with Gasteiger partial charge in [-0.1, -0.05) is 0 Å². The number of aliphatic hydroxyl groups is 1. The van der Waals surface area contributed by atoms with E-state index in [0.717, 1.165) is 0 Å². The quantitative estimate of drug-likeness (QED) is 0.602. The average Bonchev–Trinajstić information content (AvgIpc) is 1.97. The molecule has 4 nitrogen and oxygen atoms in total. The monoisotopic (exact) mass is 201 g/mol. The lowest BCUT2D eigenvalue weighted by Gasteiger charge is -2.15. The SMILES string of the molecule is NC(CCC(O)C(F)(F)F)C(=O)O. The van der Waals surface area contributed by atoms with Crippen molar-refractivity contribution in [3.05, 3.63) is 0 Å². The maximum absolute atomic E-state index is 11.7. The molecule has 0 aromatic rings. The molecule has 0 aliphatic carbocycles. The van der Waals surface area contributed by atoms with Crippen molar-refractivity contribution in [2.24, 2.45) is 5.73 Å². The van der Waals surface area contributed by atoms with E-state index < -0.39 is 37.1 Å². The van der Waals surface area contributed by atoms with Crippen LogP contribution in [-0.4, -0.2) is 34.5 Å². The number of aliphatic carboxylic acids is 1. The maximum atomic E-state index is 11.7. The van der Waals surface area contributed by atoms with Crippen molar-refractivity contribution in [1.29, 1.82) is 0 Å². The minimum atomic E-state index is -4.71. The second kappa shape index (κ2) is 4.43. The molecule has 0 saturated heterocycles. The third-order valence-electron chi connectivity index (χ3n) is 1.45. The van der Waals surface area contributed by atoms with Crippen LogP contribution in [0.2, 0.25) is 0 Å². The molecule has 4 N–H and O–H groups in total. The van der Waals surface area contributed by atoms with E-state index in [9.17, 15) is 18.0 Å². The van der Waals surface area contributed by atoms with Crippen LogP contribution in [0.4, 0.5) is 13.2 Å². The van der Waals surface area contributed by atoms with E-state index in [0.29, 0.717) is 0 Å². The molecule has 78 valence electrons. The van der Waals surface area contributed by atoms with Gasteiger partial charge < -0.3 is 15.9 Å². The Bertz CT molecular complexity index is 182. The van der Waals surface area contributed by atoms with Crippen LogP contribution in [0.25, 0.3) is 0 Å². The van der Waals surface area contributed by atoms with Crippen molar-refractivity contribution in [2.75, 3.05) is 0 Å². The van der Waals surface area contributed by atoms with E-state index in [1.165, 1.54) is 0 Å². The van der Waals surface area contributed by atoms with Gasteiger partial charge in [0.1, 0.15) is 12.1 Å². The topological polar surface area (TPSA) is 83.5 Å². The van der Waals surface area contributed by atoms with Gasteiger partial charge in [0.25, 0.3) is 0 Å². The van der Waals surface area contributed by atoms with Gasteiger partial charge in [-0.3, -0.25) is 4.79 Å². The second-order valence-corrected chi connectivity index (χ2v) is 2.58. The van der Waals surface area contributed by atoms with Gasteiger partial charge in [0.15, 0.2) is 0 Å². The Kier molecular flexibility index (Phi) is 4.15. The highest BCUT2D eigenvalue weighted by molar-refractivity contribution is 5.72. The van der Waals surface area contributed by atoms with E-state index in [4.69, 9.17) is 15.9 Å². The van der Waals surface area contributed by atoms with Crippen LogP contribution in [0, 0.1) is 0 Å². The zero-order valence-corrected chi connectivity index (χ0v) is 6.58. The second-order valence-electron chi connectivity index (χ2n) is 2.58. The van der Waals surface area contributed by atoms with Gasteiger partial charge in [-0.05, 0) is 12.8 Å². The molecule has 0 aromatic carbocycles.